The van der Waals surface area contributed by atoms with Crippen molar-refractivity contribution in [3.63, 3.8) is 0 Å². The van der Waals surface area contributed by atoms with Gasteiger partial charge in [0.2, 0.25) is 0 Å². The normalized spacial score (nSPS) is 20.2. The van der Waals surface area contributed by atoms with Gasteiger partial charge in [-0.3, -0.25) is 4.79 Å². The first-order valence-electron chi connectivity index (χ1n) is 6.43. The highest BCUT2D eigenvalue weighted by molar-refractivity contribution is 9.10. The maximum absolute atomic E-state index is 12.4. The fraction of sp³-hybridized carbons (Fsp3) is 0.615. The van der Waals surface area contributed by atoms with Crippen molar-refractivity contribution < 1.29 is 4.79 Å². The molecule has 1 aliphatic rings. The van der Waals surface area contributed by atoms with Gasteiger partial charge >= 0.3 is 0 Å². The Morgan fingerprint density at radius 2 is 2.39 bits per heavy atom. The minimum absolute atomic E-state index is 0.130. The van der Waals surface area contributed by atoms with Gasteiger partial charge in [-0.25, -0.2) is 0 Å². The highest BCUT2D eigenvalue weighted by atomic mass is 79.9. The van der Waals surface area contributed by atoms with Gasteiger partial charge in [0, 0.05) is 30.8 Å². The van der Waals surface area contributed by atoms with Gasteiger partial charge in [-0.2, -0.15) is 0 Å². The maximum Gasteiger partial charge on any atom is 0.270 e. The lowest BCUT2D eigenvalue weighted by Gasteiger charge is -2.32. The molecule has 0 saturated carbocycles. The quantitative estimate of drug-likeness (QED) is 0.927. The molecule has 1 fully saturated rings. The van der Waals surface area contributed by atoms with Crippen LogP contribution in [0.1, 0.15) is 29.8 Å². The fourth-order valence-electron chi connectivity index (χ4n) is 2.62. The second kappa shape index (κ2) is 5.89. The number of hydrogen-bond donors (Lipinski definition) is 1. The monoisotopic (exact) mass is 313 g/mol. The van der Waals surface area contributed by atoms with Crippen LogP contribution < -0.4 is 5.73 Å². The van der Waals surface area contributed by atoms with Crippen molar-refractivity contribution in [3.05, 3.63) is 22.4 Å². The topological polar surface area (TPSA) is 51.3 Å². The first kappa shape index (κ1) is 13.6. The molecule has 1 saturated heterocycles. The maximum atomic E-state index is 12.4. The molecular weight excluding hydrogens is 294 g/mol. The van der Waals surface area contributed by atoms with Gasteiger partial charge in [-0.15, -0.1) is 0 Å². The smallest absolute Gasteiger partial charge is 0.270 e. The first-order chi connectivity index (χ1) is 8.61. The number of carbonyl (C=O) groups excluding carboxylic acids is 1. The molecule has 0 aromatic carbocycles. The predicted octanol–water partition coefficient (Wildman–Crippen LogP) is 1.99. The molecule has 1 atom stereocenters. The van der Waals surface area contributed by atoms with Crippen molar-refractivity contribution in [1.82, 2.24) is 9.47 Å². The molecule has 5 heteroatoms. The van der Waals surface area contributed by atoms with Gasteiger partial charge in [-0.1, -0.05) is 0 Å². The molecule has 0 spiro atoms. The lowest BCUT2D eigenvalue weighted by molar-refractivity contribution is 0.0660. The summed E-state index contributed by atoms with van der Waals surface area (Å²) < 4.78 is 2.82. The molecule has 0 bridgehead atoms. The second-order valence-corrected chi connectivity index (χ2v) is 5.91. The lowest BCUT2D eigenvalue weighted by Crippen LogP contribution is -2.41. The van der Waals surface area contributed by atoms with E-state index in [0.29, 0.717) is 12.5 Å². The van der Waals surface area contributed by atoms with Crippen LogP contribution >= 0.6 is 15.9 Å². The van der Waals surface area contributed by atoms with Crippen LogP contribution in [-0.4, -0.2) is 35.0 Å². The van der Waals surface area contributed by atoms with Crippen LogP contribution in [0.3, 0.4) is 0 Å². The zero-order chi connectivity index (χ0) is 13.1. The molecule has 4 nitrogen and oxygen atoms in total. The van der Waals surface area contributed by atoms with Gasteiger partial charge < -0.3 is 15.2 Å². The van der Waals surface area contributed by atoms with E-state index in [2.05, 4.69) is 15.9 Å². The Labute approximate surface area is 116 Å². The van der Waals surface area contributed by atoms with Crippen LogP contribution in [0, 0.1) is 5.92 Å². The Morgan fingerprint density at radius 1 is 1.61 bits per heavy atom. The SMILES string of the molecule is Cn1cc(Br)cc1C(=O)N1CCCC(CCN)C1. The van der Waals surface area contributed by atoms with Gasteiger partial charge in [-0.05, 0) is 53.7 Å². The summed E-state index contributed by atoms with van der Waals surface area (Å²) in [6, 6.07) is 1.88. The summed E-state index contributed by atoms with van der Waals surface area (Å²) in [5, 5.41) is 0. The summed E-state index contributed by atoms with van der Waals surface area (Å²) in [4.78, 5) is 14.4. The van der Waals surface area contributed by atoms with E-state index in [4.69, 9.17) is 5.73 Å². The Bertz CT molecular complexity index is 428. The molecule has 1 unspecified atom stereocenters. The van der Waals surface area contributed by atoms with Crippen molar-refractivity contribution in [1.29, 1.82) is 0 Å². The number of likely N-dealkylation sites (tertiary alicyclic amines) is 1. The van der Waals surface area contributed by atoms with Gasteiger partial charge in [0.15, 0.2) is 0 Å². The summed E-state index contributed by atoms with van der Waals surface area (Å²) in [7, 11) is 1.90. The highest BCUT2D eigenvalue weighted by Gasteiger charge is 2.25. The van der Waals surface area contributed by atoms with Crippen molar-refractivity contribution in [2.24, 2.45) is 18.7 Å². The number of nitrogens with two attached hydrogens (primary N) is 1. The minimum Gasteiger partial charge on any atom is -0.345 e. The summed E-state index contributed by atoms with van der Waals surface area (Å²) in [5.41, 5.74) is 6.35. The Balaban J connectivity index is 2.06. The largest absolute Gasteiger partial charge is 0.345 e. The van der Waals surface area contributed by atoms with Crippen molar-refractivity contribution in [2.45, 2.75) is 19.3 Å². The van der Waals surface area contributed by atoms with Crippen LogP contribution in [0.4, 0.5) is 0 Å². The molecular formula is C13H20BrN3O. The van der Waals surface area contributed by atoms with E-state index < -0.39 is 0 Å². The molecule has 1 aliphatic heterocycles. The summed E-state index contributed by atoms with van der Waals surface area (Å²) >= 11 is 3.40. The molecule has 0 aliphatic carbocycles. The Morgan fingerprint density at radius 3 is 3.00 bits per heavy atom. The second-order valence-electron chi connectivity index (χ2n) is 4.99. The van der Waals surface area contributed by atoms with E-state index in [1.807, 2.05) is 28.8 Å². The van der Waals surface area contributed by atoms with Crippen molar-refractivity contribution in [3.8, 4) is 0 Å². The van der Waals surface area contributed by atoms with Crippen LogP contribution in [-0.2, 0) is 7.05 Å². The third-order valence-electron chi connectivity index (χ3n) is 3.57. The number of aryl methyl sites for hydroxylation is 1. The molecule has 1 amide bonds. The number of piperidine rings is 1. The Hall–Kier alpha value is -0.810. The van der Waals surface area contributed by atoms with Gasteiger partial charge in [0.05, 0.1) is 0 Å². The number of carbonyl (C=O) groups is 1. The van der Waals surface area contributed by atoms with E-state index in [1.165, 1.54) is 6.42 Å². The lowest BCUT2D eigenvalue weighted by atomic mass is 9.94. The molecule has 2 rings (SSSR count). The highest BCUT2D eigenvalue weighted by Crippen LogP contribution is 2.22. The number of hydrogen-bond acceptors (Lipinski definition) is 2. The molecule has 18 heavy (non-hydrogen) atoms. The van der Waals surface area contributed by atoms with E-state index in [1.54, 1.807) is 0 Å². The molecule has 2 heterocycles. The van der Waals surface area contributed by atoms with Crippen LogP contribution in [0.2, 0.25) is 0 Å². The summed E-state index contributed by atoms with van der Waals surface area (Å²) in [6.07, 6.45) is 5.20. The van der Waals surface area contributed by atoms with Gasteiger partial charge in [0.25, 0.3) is 5.91 Å². The standard InChI is InChI=1S/C13H20BrN3O/c1-16-9-11(14)7-12(16)13(18)17-6-2-3-10(8-17)4-5-15/h7,9-10H,2-6,8,15H2,1H3. The summed E-state index contributed by atoms with van der Waals surface area (Å²) in [6.45, 7) is 2.42. The van der Waals surface area contributed by atoms with Crippen molar-refractivity contribution >= 4 is 21.8 Å². The zero-order valence-corrected chi connectivity index (χ0v) is 12.3. The van der Waals surface area contributed by atoms with E-state index in [9.17, 15) is 4.79 Å². The van der Waals surface area contributed by atoms with Gasteiger partial charge in [0.1, 0.15) is 5.69 Å². The molecule has 2 N–H and O–H groups in total. The van der Waals surface area contributed by atoms with E-state index >= 15 is 0 Å². The molecule has 0 radical (unpaired) electrons. The molecule has 1 aromatic rings. The van der Waals surface area contributed by atoms with Crippen LogP contribution in [0.5, 0.6) is 0 Å². The van der Waals surface area contributed by atoms with E-state index in [0.717, 1.165) is 36.1 Å². The number of aromatic nitrogens is 1. The predicted molar refractivity (Wildman–Crippen MR) is 75.4 cm³/mol. The third-order valence-corrected chi connectivity index (χ3v) is 4.01. The van der Waals surface area contributed by atoms with E-state index in [-0.39, 0.29) is 5.91 Å². The van der Waals surface area contributed by atoms with Crippen LogP contribution in [0.25, 0.3) is 0 Å². The summed E-state index contributed by atoms with van der Waals surface area (Å²) in [5.74, 6) is 0.696. The average molecular weight is 314 g/mol. The third kappa shape index (κ3) is 2.95. The number of nitrogens with zero attached hydrogens (tertiary/aromatic N) is 2. The van der Waals surface area contributed by atoms with Crippen LogP contribution in [0.15, 0.2) is 16.7 Å². The van der Waals surface area contributed by atoms with Crippen molar-refractivity contribution in [2.75, 3.05) is 19.6 Å². The number of rotatable bonds is 3. The zero-order valence-electron chi connectivity index (χ0n) is 10.7. The average Bonchev–Trinajstić information content (AvgIpc) is 2.68. The first-order valence-corrected chi connectivity index (χ1v) is 7.22. The molecule has 100 valence electrons. The number of halogens is 1. The minimum atomic E-state index is 0.130. The Kier molecular flexibility index (Phi) is 4.45. The fourth-order valence-corrected chi connectivity index (χ4v) is 3.14. The molecule has 1 aromatic heterocycles. The number of amides is 1.